The summed E-state index contributed by atoms with van der Waals surface area (Å²) in [7, 11) is 0. The standard InChI is InChI=1S/C12H9N3O/c1-9-6-15(8-14-9)12-3-2-10(7-16)4-11(12)5-13/h2-4,6-8H,1H3. The van der Waals surface area contributed by atoms with E-state index in [1.807, 2.05) is 13.1 Å². The first-order valence-corrected chi connectivity index (χ1v) is 4.75. The maximum atomic E-state index is 10.6. The topological polar surface area (TPSA) is 58.7 Å². The zero-order chi connectivity index (χ0) is 11.5. The highest BCUT2D eigenvalue weighted by molar-refractivity contribution is 5.76. The highest BCUT2D eigenvalue weighted by Gasteiger charge is 2.05. The van der Waals surface area contributed by atoms with E-state index in [4.69, 9.17) is 5.26 Å². The Morgan fingerprint density at radius 1 is 1.50 bits per heavy atom. The molecular formula is C12H9N3O. The summed E-state index contributed by atoms with van der Waals surface area (Å²) in [4.78, 5) is 14.7. The maximum absolute atomic E-state index is 10.6. The Balaban J connectivity index is 2.57. The van der Waals surface area contributed by atoms with Crippen LogP contribution in [-0.4, -0.2) is 15.8 Å². The molecule has 0 bridgehead atoms. The molecule has 4 nitrogen and oxygen atoms in total. The molecule has 2 rings (SSSR count). The molecule has 0 amide bonds. The lowest BCUT2D eigenvalue weighted by molar-refractivity contribution is 0.112. The van der Waals surface area contributed by atoms with E-state index in [0.29, 0.717) is 11.1 Å². The molecule has 1 heterocycles. The third kappa shape index (κ3) is 1.71. The van der Waals surface area contributed by atoms with Crippen LogP contribution in [0.2, 0.25) is 0 Å². The van der Waals surface area contributed by atoms with Gasteiger partial charge in [0.15, 0.2) is 0 Å². The SMILES string of the molecule is Cc1cn(-c2ccc(C=O)cc2C#N)cn1. The number of nitrogens with zero attached hydrogens (tertiary/aromatic N) is 3. The monoisotopic (exact) mass is 211 g/mol. The molecule has 1 aromatic heterocycles. The van der Waals surface area contributed by atoms with Crippen LogP contribution in [0.3, 0.4) is 0 Å². The molecule has 78 valence electrons. The largest absolute Gasteiger partial charge is 0.305 e. The van der Waals surface area contributed by atoms with Crippen LogP contribution in [0.5, 0.6) is 0 Å². The van der Waals surface area contributed by atoms with Gasteiger partial charge >= 0.3 is 0 Å². The van der Waals surface area contributed by atoms with E-state index in [0.717, 1.165) is 17.7 Å². The second-order valence-electron chi connectivity index (χ2n) is 3.43. The summed E-state index contributed by atoms with van der Waals surface area (Å²) in [5, 5.41) is 9.01. The van der Waals surface area contributed by atoms with Crippen molar-refractivity contribution in [3.63, 3.8) is 0 Å². The van der Waals surface area contributed by atoms with Gasteiger partial charge in [-0.2, -0.15) is 5.26 Å². The number of rotatable bonds is 2. The van der Waals surface area contributed by atoms with Crippen LogP contribution in [0.4, 0.5) is 0 Å². The fraction of sp³-hybridized carbons (Fsp3) is 0.0833. The molecule has 2 aromatic rings. The van der Waals surface area contributed by atoms with E-state index in [-0.39, 0.29) is 0 Å². The second-order valence-corrected chi connectivity index (χ2v) is 3.43. The lowest BCUT2D eigenvalue weighted by Crippen LogP contribution is -1.95. The minimum absolute atomic E-state index is 0.460. The summed E-state index contributed by atoms with van der Waals surface area (Å²) in [5.41, 5.74) is 2.57. The van der Waals surface area contributed by atoms with Crippen molar-refractivity contribution in [3.05, 3.63) is 47.5 Å². The number of aryl methyl sites for hydroxylation is 1. The Morgan fingerprint density at radius 2 is 2.31 bits per heavy atom. The van der Waals surface area contributed by atoms with Gasteiger partial charge in [-0.05, 0) is 25.1 Å². The number of hydrogen-bond acceptors (Lipinski definition) is 3. The second kappa shape index (κ2) is 3.99. The van der Waals surface area contributed by atoms with Gasteiger partial charge in [0, 0.05) is 11.8 Å². The summed E-state index contributed by atoms with van der Waals surface area (Å²) >= 11 is 0. The molecule has 0 aliphatic carbocycles. The molecule has 0 saturated carbocycles. The van der Waals surface area contributed by atoms with Gasteiger partial charge in [0.05, 0.1) is 23.3 Å². The number of carbonyl (C=O) groups is 1. The minimum Gasteiger partial charge on any atom is -0.305 e. The molecule has 0 radical (unpaired) electrons. The molecule has 0 aliphatic heterocycles. The fourth-order valence-corrected chi connectivity index (χ4v) is 1.49. The number of hydrogen-bond donors (Lipinski definition) is 0. The van der Waals surface area contributed by atoms with Crippen LogP contribution in [0, 0.1) is 18.3 Å². The summed E-state index contributed by atoms with van der Waals surface area (Å²) in [6, 6.07) is 7.06. The van der Waals surface area contributed by atoms with Crippen molar-refractivity contribution < 1.29 is 4.79 Å². The molecule has 4 heteroatoms. The van der Waals surface area contributed by atoms with Gasteiger partial charge in [0.2, 0.25) is 0 Å². The molecule has 0 fully saturated rings. The van der Waals surface area contributed by atoms with Crippen molar-refractivity contribution in [1.29, 1.82) is 5.26 Å². The highest BCUT2D eigenvalue weighted by Crippen LogP contribution is 2.15. The Labute approximate surface area is 92.8 Å². The van der Waals surface area contributed by atoms with E-state index in [9.17, 15) is 4.79 Å². The quantitative estimate of drug-likeness (QED) is 0.712. The van der Waals surface area contributed by atoms with Crippen LogP contribution in [0.1, 0.15) is 21.6 Å². The van der Waals surface area contributed by atoms with Crippen molar-refractivity contribution in [2.75, 3.05) is 0 Å². The summed E-state index contributed by atoms with van der Waals surface area (Å²) in [6.07, 6.45) is 4.20. The number of benzene rings is 1. The highest BCUT2D eigenvalue weighted by atomic mass is 16.1. The van der Waals surface area contributed by atoms with Crippen molar-refractivity contribution in [1.82, 2.24) is 9.55 Å². The van der Waals surface area contributed by atoms with Crippen molar-refractivity contribution in [3.8, 4) is 11.8 Å². The van der Waals surface area contributed by atoms with E-state index < -0.39 is 0 Å². The molecule has 0 aliphatic rings. The van der Waals surface area contributed by atoms with Gasteiger partial charge in [-0.15, -0.1) is 0 Å². The molecule has 0 saturated heterocycles. The van der Waals surface area contributed by atoms with Crippen LogP contribution >= 0.6 is 0 Å². The number of carbonyl (C=O) groups excluding carboxylic acids is 1. The van der Waals surface area contributed by atoms with Gasteiger partial charge in [0.25, 0.3) is 0 Å². The molecule has 0 N–H and O–H groups in total. The predicted octanol–water partition coefficient (Wildman–Crippen LogP) is 1.86. The molecule has 1 aromatic carbocycles. The first-order chi connectivity index (χ1) is 7.74. The average Bonchev–Trinajstić information content (AvgIpc) is 2.74. The summed E-state index contributed by atoms with van der Waals surface area (Å²) in [5.74, 6) is 0. The Morgan fingerprint density at radius 3 is 2.88 bits per heavy atom. The smallest absolute Gasteiger partial charge is 0.150 e. The van der Waals surface area contributed by atoms with Crippen molar-refractivity contribution in [2.45, 2.75) is 6.92 Å². The van der Waals surface area contributed by atoms with E-state index in [2.05, 4.69) is 11.1 Å². The minimum atomic E-state index is 0.460. The zero-order valence-corrected chi connectivity index (χ0v) is 8.71. The average molecular weight is 211 g/mol. The lowest BCUT2D eigenvalue weighted by atomic mass is 10.1. The summed E-state index contributed by atoms with van der Waals surface area (Å²) in [6.45, 7) is 1.88. The van der Waals surface area contributed by atoms with Gasteiger partial charge in [-0.25, -0.2) is 4.98 Å². The van der Waals surface area contributed by atoms with Crippen molar-refractivity contribution >= 4 is 6.29 Å². The molecule has 16 heavy (non-hydrogen) atoms. The molecular weight excluding hydrogens is 202 g/mol. The van der Waals surface area contributed by atoms with E-state index in [1.54, 1.807) is 29.1 Å². The normalized spacial score (nSPS) is 9.75. The lowest BCUT2D eigenvalue weighted by Gasteiger charge is -2.04. The first-order valence-electron chi connectivity index (χ1n) is 4.75. The summed E-state index contributed by atoms with van der Waals surface area (Å²) < 4.78 is 1.77. The van der Waals surface area contributed by atoms with Crippen LogP contribution in [0.25, 0.3) is 5.69 Å². The number of imidazole rings is 1. The third-order valence-corrected chi connectivity index (χ3v) is 2.27. The van der Waals surface area contributed by atoms with Gasteiger partial charge in [-0.3, -0.25) is 4.79 Å². The maximum Gasteiger partial charge on any atom is 0.150 e. The van der Waals surface area contributed by atoms with E-state index in [1.165, 1.54) is 0 Å². The Kier molecular flexibility index (Phi) is 2.52. The zero-order valence-electron chi connectivity index (χ0n) is 8.71. The van der Waals surface area contributed by atoms with Crippen LogP contribution in [0.15, 0.2) is 30.7 Å². The van der Waals surface area contributed by atoms with E-state index >= 15 is 0 Å². The fourth-order valence-electron chi connectivity index (χ4n) is 1.49. The predicted molar refractivity (Wildman–Crippen MR) is 58.4 cm³/mol. The van der Waals surface area contributed by atoms with Gasteiger partial charge in [0.1, 0.15) is 12.4 Å². The molecule has 0 atom stereocenters. The van der Waals surface area contributed by atoms with Gasteiger partial charge < -0.3 is 4.57 Å². The number of aromatic nitrogens is 2. The Hall–Kier alpha value is -2.41. The first kappa shape index (κ1) is 10.1. The number of aldehydes is 1. The Bertz CT molecular complexity index is 578. The molecule has 0 unspecified atom stereocenters. The van der Waals surface area contributed by atoms with Crippen LogP contribution in [-0.2, 0) is 0 Å². The van der Waals surface area contributed by atoms with Crippen molar-refractivity contribution in [2.24, 2.45) is 0 Å². The van der Waals surface area contributed by atoms with Gasteiger partial charge in [-0.1, -0.05) is 0 Å². The number of nitriles is 1. The third-order valence-electron chi connectivity index (χ3n) is 2.27. The van der Waals surface area contributed by atoms with Crippen LogP contribution < -0.4 is 0 Å². The molecule has 0 spiro atoms.